The summed E-state index contributed by atoms with van der Waals surface area (Å²) < 4.78 is 0. The summed E-state index contributed by atoms with van der Waals surface area (Å²) in [5.41, 5.74) is 2.91. The van der Waals surface area contributed by atoms with Gasteiger partial charge in [-0.1, -0.05) is 43.7 Å². The predicted octanol–water partition coefficient (Wildman–Crippen LogP) is 3.81. The van der Waals surface area contributed by atoms with Crippen LogP contribution in [0.5, 0.6) is 0 Å². The molecule has 0 bridgehead atoms. The molecule has 1 N–H and O–H groups in total. The molecule has 21 heavy (non-hydrogen) atoms. The summed E-state index contributed by atoms with van der Waals surface area (Å²) >= 11 is 0. The van der Waals surface area contributed by atoms with Crippen LogP contribution in [0.4, 0.5) is 0 Å². The van der Waals surface area contributed by atoms with E-state index in [0.717, 1.165) is 18.4 Å². The van der Waals surface area contributed by atoms with E-state index in [0.29, 0.717) is 12.1 Å². The van der Waals surface area contributed by atoms with Gasteiger partial charge in [-0.15, -0.1) is 0 Å². The summed E-state index contributed by atoms with van der Waals surface area (Å²) in [6, 6.07) is 10.4. The standard InChI is InChI=1S/C19H32N2/c1-14(2)9-19(13-21(4)5)20-18-11-17(12-18)16-8-6-7-15(3)10-16/h6-8,10,14,17-20H,9,11-13H2,1-5H3. The topological polar surface area (TPSA) is 15.3 Å². The van der Waals surface area contributed by atoms with Gasteiger partial charge < -0.3 is 10.2 Å². The van der Waals surface area contributed by atoms with Gasteiger partial charge in [-0.25, -0.2) is 0 Å². The third-order valence-electron chi connectivity index (χ3n) is 4.46. The highest BCUT2D eigenvalue weighted by molar-refractivity contribution is 5.27. The Balaban J connectivity index is 1.82. The van der Waals surface area contributed by atoms with Gasteiger partial charge in [0.15, 0.2) is 0 Å². The van der Waals surface area contributed by atoms with Gasteiger partial charge in [0.2, 0.25) is 0 Å². The Bertz CT molecular complexity index is 423. The van der Waals surface area contributed by atoms with Crippen molar-refractivity contribution in [2.45, 2.75) is 58.0 Å². The molecule has 0 aliphatic heterocycles. The molecular weight excluding hydrogens is 256 g/mol. The Morgan fingerprint density at radius 3 is 2.52 bits per heavy atom. The number of hydrogen-bond acceptors (Lipinski definition) is 2. The van der Waals surface area contributed by atoms with Crippen LogP contribution in [0.3, 0.4) is 0 Å². The molecule has 0 amide bonds. The smallest absolute Gasteiger partial charge is 0.0199 e. The molecule has 1 aliphatic rings. The van der Waals surface area contributed by atoms with Crippen molar-refractivity contribution < 1.29 is 0 Å². The quantitative estimate of drug-likeness (QED) is 0.821. The minimum Gasteiger partial charge on any atom is -0.310 e. The molecule has 0 radical (unpaired) electrons. The molecule has 1 aromatic carbocycles. The highest BCUT2D eigenvalue weighted by Gasteiger charge is 2.31. The van der Waals surface area contributed by atoms with E-state index in [-0.39, 0.29) is 0 Å². The van der Waals surface area contributed by atoms with Gasteiger partial charge in [-0.3, -0.25) is 0 Å². The zero-order chi connectivity index (χ0) is 15.4. The first-order valence-electron chi connectivity index (χ1n) is 8.41. The zero-order valence-electron chi connectivity index (χ0n) is 14.4. The van der Waals surface area contributed by atoms with E-state index in [9.17, 15) is 0 Å². The van der Waals surface area contributed by atoms with Crippen LogP contribution in [0.2, 0.25) is 0 Å². The van der Waals surface area contributed by atoms with Crippen molar-refractivity contribution in [3.63, 3.8) is 0 Å². The fourth-order valence-electron chi connectivity index (χ4n) is 3.49. The van der Waals surface area contributed by atoms with Crippen LogP contribution in [-0.2, 0) is 0 Å². The molecule has 1 unspecified atom stereocenters. The van der Waals surface area contributed by atoms with Gasteiger partial charge in [0.25, 0.3) is 0 Å². The molecule has 1 fully saturated rings. The molecule has 1 atom stereocenters. The summed E-state index contributed by atoms with van der Waals surface area (Å²) in [6.07, 6.45) is 3.86. The van der Waals surface area contributed by atoms with Gasteiger partial charge in [-0.05, 0) is 57.7 Å². The fourth-order valence-corrected chi connectivity index (χ4v) is 3.49. The van der Waals surface area contributed by atoms with Crippen LogP contribution in [0.25, 0.3) is 0 Å². The molecule has 0 spiro atoms. The van der Waals surface area contributed by atoms with Gasteiger partial charge in [0.05, 0.1) is 0 Å². The zero-order valence-corrected chi connectivity index (χ0v) is 14.4. The van der Waals surface area contributed by atoms with Crippen molar-refractivity contribution in [3.05, 3.63) is 35.4 Å². The Labute approximate surface area is 130 Å². The summed E-state index contributed by atoms with van der Waals surface area (Å²) in [6.45, 7) is 7.97. The van der Waals surface area contributed by atoms with Crippen LogP contribution in [-0.4, -0.2) is 37.6 Å². The number of nitrogens with one attached hydrogen (secondary N) is 1. The number of likely N-dealkylation sites (N-methyl/N-ethyl adjacent to an activating group) is 1. The maximum atomic E-state index is 3.89. The maximum absolute atomic E-state index is 3.89. The monoisotopic (exact) mass is 288 g/mol. The highest BCUT2D eigenvalue weighted by Crippen LogP contribution is 2.37. The Morgan fingerprint density at radius 2 is 1.95 bits per heavy atom. The van der Waals surface area contributed by atoms with Crippen molar-refractivity contribution in [2.24, 2.45) is 5.92 Å². The fraction of sp³-hybridized carbons (Fsp3) is 0.684. The van der Waals surface area contributed by atoms with E-state index >= 15 is 0 Å². The number of nitrogens with zero attached hydrogens (tertiary/aromatic N) is 1. The van der Waals surface area contributed by atoms with Crippen LogP contribution < -0.4 is 5.32 Å². The highest BCUT2D eigenvalue weighted by atomic mass is 15.1. The number of rotatable bonds is 7. The molecule has 1 aromatic rings. The van der Waals surface area contributed by atoms with Crippen molar-refractivity contribution >= 4 is 0 Å². The second-order valence-electron chi connectivity index (χ2n) is 7.53. The van der Waals surface area contributed by atoms with Crippen molar-refractivity contribution in [1.29, 1.82) is 0 Å². The Morgan fingerprint density at radius 1 is 1.24 bits per heavy atom. The SMILES string of the molecule is Cc1cccc(C2CC(NC(CC(C)C)CN(C)C)C2)c1. The van der Waals surface area contributed by atoms with E-state index in [4.69, 9.17) is 0 Å². The van der Waals surface area contributed by atoms with Crippen LogP contribution in [0, 0.1) is 12.8 Å². The lowest BCUT2D eigenvalue weighted by molar-refractivity contribution is 0.222. The lowest BCUT2D eigenvalue weighted by Crippen LogP contribution is -2.49. The summed E-state index contributed by atoms with van der Waals surface area (Å²) in [5, 5.41) is 3.89. The van der Waals surface area contributed by atoms with E-state index in [2.05, 4.69) is 69.3 Å². The van der Waals surface area contributed by atoms with Crippen LogP contribution >= 0.6 is 0 Å². The molecule has 118 valence electrons. The minimum absolute atomic E-state index is 0.628. The van der Waals surface area contributed by atoms with Gasteiger partial charge >= 0.3 is 0 Å². The average molecular weight is 288 g/mol. The molecule has 2 rings (SSSR count). The van der Waals surface area contributed by atoms with Crippen LogP contribution in [0.1, 0.15) is 50.2 Å². The van der Waals surface area contributed by atoms with Crippen molar-refractivity contribution in [1.82, 2.24) is 10.2 Å². The lowest BCUT2D eigenvalue weighted by Gasteiger charge is -2.40. The van der Waals surface area contributed by atoms with E-state index in [1.54, 1.807) is 0 Å². The molecule has 2 nitrogen and oxygen atoms in total. The number of aryl methyl sites for hydroxylation is 1. The number of benzene rings is 1. The van der Waals surface area contributed by atoms with E-state index in [1.807, 2.05) is 0 Å². The molecule has 1 saturated carbocycles. The van der Waals surface area contributed by atoms with E-state index < -0.39 is 0 Å². The van der Waals surface area contributed by atoms with Crippen molar-refractivity contribution in [3.8, 4) is 0 Å². The van der Waals surface area contributed by atoms with Crippen LogP contribution in [0.15, 0.2) is 24.3 Å². The number of hydrogen-bond donors (Lipinski definition) is 1. The Hall–Kier alpha value is -0.860. The first-order chi connectivity index (χ1) is 9.94. The third kappa shape index (κ3) is 5.12. The second kappa shape index (κ2) is 7.42. The largest absolute Gasteiger partial charge is 0.310 e. The summed E-state index contributed by atoms with van der Waals surface area (Å²) in [5.74, 6) is 1.52. The Kier molecular flexibility index (Phi) is 5.83. The second-order valence-corrected chi connectivity index (χ2v) is 7.53. The maximum Gasteiger partial charge on any atom is 0.0199 e. The average Bonchev–Trinajstić information content (AvgIpc) is 2.31. The van der Waals surface area contributed by atoms with Gasteiger partial charge in [-0.2, -0.15) is 0 Å². The molecule has 0 saturated heterocycles. The lowest BCUT2D eigenvalue weighted by atomic mass is 9.75. The third-order valence-corrected chi connectivity index (χ3v) is 4.46. The van der Waals surface area contributed by atoms with Gasteiger partial charge in [0, 0.05) is 18.6 Å². The molecule has 0 aromatic heterocycles. The molecule has 2 heteroatoms. The summed E-state index contributed by atoms with van der Waals surface area (Å²) in [4.78, 5) is 2.30. The summed E-state index contributed by atoms with van der Waals surface area (Å²) in [7, 11) is 4.34. The van der Waals surface area contributed by atoms with E-state index in [1.165, 1.54) is 30.4 Å². The molecule has 0 heterocycles. The van der Waals surface area contributed by atoms with Crippen molar-refractivity contribution in [2.75, 3.05) is 20.6 Å². The molecule has 1 aliphatic carbocycles. The first kappa shape index (κ1) is 16.5. The molecular formula is C19H32N2. The van der Waals surface area contributed by atoms with Gasteiger partial charge in [0.1, 0.15) is 0 Å². The first-order valence-corrected chi connectivity index (χ1v) is 8.41. The predicted molar refractivity (Wildman–Crippen MR) is 91.9 cm³/mol. The minimum atomic E-state index is 0.628. The normalized spacial score (nSPS) is 23.4.